The van der Waals surface area contributed by atoms with Crippen molar-refractivity contribution in [3.63, 3.8) is 0 Å². The van der Waals surface area contributed by atoms with E-state index in [1.807, 2.05) is 25.2 Å². The predicted octanol–water partition coefficient (Wildman–Crippen LogP) is 3.84. The van der Waals surface area contributed by atoms with Crippen LogP contribution in [0, 0.1) is 0 Å². The summed E-state index contributed by atoms with van der Waals surface area (Å²) < 4.78 is 17.1. The normalized spacial score (nSPS) is 17.8. The van der Waals surface area contributed by atoms with Crippen LogP contribution in [-0.2, 0) is 6.42 Å². The number of fused-ring (bicyclic) bond motifs is 3. The van der Waals surface area contributed by atoms with Crippen LogP contribution in [-0.4, -0.2) is 59.5 Å². The smallest absolute Gasteiger partial charge is 0.203 e. The largest absolute Gasteiger partial charge is 0.493 e. The zero-order valence-corrected chi connectivity index (χ0v) is 20.8. The maximum atomic E-state index is 13.3. The second-order valence-corrected chi connectivity index (χ2v) is 9.01. The third-order valence-corrected chi connectivity index (χ3v) is 7.08. The Morgan fingerprint density at radius 2 is 1.76 bits per heavy atom. The minimum Gasteiger partial charge on any atom is -0.493 e. The van der Waals surface area contributed by atoms with E-state index in [0.29, 0.717) is 22.9 Å². The fourth-order valence-corrected chi connectivity index (χ4v) is 5.29. The van der Waals surface area contributed by atoms with Crippen LogP contribution in [0.5, 0.6) is 17.2 Å². The standard InChI is InChI=1S/C27H37N3O4/c1-28-21-10-8-18-16-24(32-2)26(33-3)27(34-4)25(18)19-9-11-22(23(31)17-20(19)21)29-12-15-30-13-6-5-7-14-30/h9,11,16-17,21,28H,5-8,10,12-15H2,1-4H3,(H,29,31)/t21-/m1/s1. The number of rotatable bonds is 8. The maximum absolute atomic E-state index is 13.3. The lowest BCUT2D eigenvalue weighted by molar-refractivity contribution is 0.237. The third kappa shape index (κ3) is 4.86. The van der Waals surface area contributed by atoms with Crippen molar-refractivity contribution in [3.05, 3.63) is 45.6 Å². The van der Waals surface area contributed by atoms with E-state index in [2.05, 4.69) is 15.5 Å². The Hall–Kier alpha value is -2.77. The summed E-state index contributed by atoms with van der Waals surface area (Å²) in [5.41, 5.74) is 4.66. The average Bonchev–Trinajstić information content (AvgIpc) is 3.11. The van der Waals surface area contributed by atoms with Gasteiger partial charge in [-0.1, -0.05) is 12.5 Å². The fraction of sp³-hybridized carbons (Fsp3) is 0.519. The summed E-state index contributed by atoms with van der Waals surface area (Å²) in [7, 11) is 6.84. The van der Waals surface area contributed by atoms with Gasteiger partial charge in [0.2, 0.25) is 11.2 Å². The molecule has 7 nitrogen and oxygen atoms in total. The number of hydrogen-bond donors (Lipinski definition) is 2. The molecule has 34 heavy (non-hydrogen) atoms. The Bertz CT molecular complexity index is 1070. The molecular weight excluding hydrogens is 430 g/mol. The van der Waals surface area contributed by atoms with E-state index in [1.54, 1.807) is 27.4 Å². The second kappa shape index (κ2) is 11.1. The van der Waals surface area contributed by atoms with Crippen LogP contribution >= 0.6 is 0 Å². The van der Waals surface area contributed by atoms with E-state index in [-0.39, 0.29) is 11.5 Å². The van der Waals surface area contributed by atoms with Crippen LogP contribution in [0.25, 0.3) is 11.1 Å². The first-order valence-corrected chi connectivity index (χ1v) is 12.2. The van der Waals surface area contributed by atoms with Gasteiger partial charge >= 0.3 is 0 Å². The first kappa shape index (κ1) is 24.4. The molecular formula is C27H37N3O4. The molecule has 0 aromatic heterocycles. The van der Waals surface area contributed by atoms with Gasteiger partial charge < -0.3 is 29.7 Å². The summed E-state index contributed by atoms with van der Waals surface area (Å²) in [4.78, 5) is 15.7. The van der Waals surface area contributed by atoms with Gasteiger partial charge in [-0.2, -0.15) is 0 Å². The molecule has 0 unspecified atom stereocenters. The number of hydrogen-bond acceptors (Lipinski definition) is 7. The van der Waals surface area contributed by atoms with Gasteiger partial charge in [-0.25, -0.2) is 0 Å². The number of nitrogens with zero attached hydrogens (tertiary/aromatic N) is 1. The summed E-state index contributed by atoms with van der Waals surface area (Å²) >= 11 is 0. The van der Waals surface area contributed by atoms with E-state index >= 15 is 0 Å². The molecule has 0 saturated carbocycles. The highest BCUT2D eigenvalue weighted by Crippen LogP contribution is 2.50. The lowest BCUT2D eigenvalue weighted by Gasteiger charge is -2.26. The lowest BCUT2D eigenvalue weighted by Crippen LogP contribution is -2.34. The van der Waals surface area contributed by atoms with Gasteiger partial charge in [-0.15, -0.1) is 0 Å². The van der Waals surface area contributed by atoms with Crippen LogP contribution in [0.3, 0.4) is 0 Å². The first-order chi connectivity index (χ1) is 16.6. The van der Waals surface area contributed by atoms with Crippen molar-refractivity contribution in [2.45, 2.75) is 38.1 Å². The highest BCUT2D eigenvalue weighted by Gasteiger charge is 2.28. The van der Waals surface area contributed by atoms with Crippen molar-refractivity contribution >= 4 is 5.69 Å². The molecule has 1 aliphatic carbocycles. The molecule has 2 N–H and O–H groups in total. The highest BCUT2D eigenvalue weighted by atomic mass is 16.5. The zero-order valence-electron chi connectivity index (χ0n) is 20.8. The van der Waals surface area contributed by atoms with Gasteiger partial charge in [0.1, 0.15) is 0 Å². The quantitative estimate of drug-likeness (QED) is 0.611. The van der Waals surface area contributed by atoms with Crippen molar-refractivity contribution in [3.8, 4) is 28.4 Å². The van der Waals surface area contributed by atoms with Crippen LogP contribution in [0.4, 0.5) is 5.69 Å². The predicted molar refractivity (Wildman–Crippen MR) is 137 cm³/mol. The van der Waals surface area contributed by atoms with Crippen LogP contribution in [0.2, 0.25) is 0 Å². The Morgan fingerprint density at radius 3 is 2.44 bits per heavy atom. The maximum Gasteiger partial charge on any atom is 0.203 e. The fourth-order valence-electron chi connectivity index (χ4n) is 5.29. The number of piperidine rings is 1. The van der Waals surface area contributed by atoms with Gasteiger partial charge in [0, 0.05) is 24.7 Å². The van der Waals surface area contributed by atoms with E-state index < -0.39 is 0 Å². The monoisotopic (exact) mass is 467 g/mol. The molecule has 1 fully saturated rings. The second-order valence-electron chi connectivity index (χ2n) is 9.01. The van der Waals surface area contributed by atoms with E-state index in [4.69, 9.17) is 14.2 Å². The van der Waals surface area contributed by atoms with Crippen LogP contribution in [0.1, 0.15) is 42.9 Å². The molecule has 7 heteroatoms. The Morgan fingerprint density at radius 1 is 1.00 bits per heavy atom. The highest BCUT2D eigenvalue weighted by molar-refractivity contribution is 5.83. The first-order valence-electron chi connectivity index (χ1n) is 12.2. The van der Waals surface area contributed by atoms with Gasteiger partial charge in [0.25, 0.3) is 0 Å². The number of anilines is 1. The summed E-state index contributed by atoms with van der Waals surface area (Å²) in [5.74, 6) is 1.84. The molecule has 2 aromatic rings. The Balaban J connectivity index is 1.76. The molecule has 0 amide bonds. The SMILES string of the molecule is CN[C@@H]1CCc2cc(OC)c(OC)c(OC)c2-c2ccc(NCCN3CCCCC3)c(=O)cc21. The van der Waals surface area contributed by atoms with Crippen molar-refractivity contribution < 1.29 is 14.2 Å². The van der Waals surface area contributed by atoms with Crippen molar-refractivity contribution in [2.75, 3.05) is 59.9 Å². The van der Waals surface area contributed by atoms with Crippen molar-refractivity contribution in [1.29, 1.82) is 0 Å². The summed E-state index contributed by atoms with van der Waals surface area (Å²) in [6.45, 7) is 4.00. The number of benzene rings is 1. The van der Waals surface area contributed by atoms with Crippen LogP contribution in [0.15, 0.2) is 29.1 Å². The van der Waals surface area contributed by atoms with Gasteiger partial charge in [0.15, 0.2) is 11.5 Å². The minimum atomic E-state index is 0.00281. The summed E-state index contributed by atoms with van der Waals surface area (Å²) in [6, 6.07) is 7.82. The van der Waals surface area contributed by atoms with Gasteiger partial charge in [0.05, 0.1) is 27.0 Å². The van der Waals surface area contributed by atoms with Gasteiger partial charge in [-0.05, 0) is 80.7 Å². The molecule has 2 aliphatic rings. The summed E-state index contributed by atoms with van der Waals surface area (Å²) in [5, 5.41) is 6.80. The van der Waals surface area contributed by atoms with E-state index in [0.717, 1.165) is 61.3 Å². The van der Waals surface area contributed by atoms with E-state index in [9.17, 15) is 4.79 Å². The Kier molecular flexibility index (Phi) is 7.95. The molecule has 1 atom stereocenters. The molecule has 184 valence electrons. The third-order valence-electron chi connectivity index (χ3n) is 7.08. The summed E-state index contributed by atoms with van der Waals surface area (Å²) in [6.07, 6.45) is 5.53. The number of methoxy groups -OCH3 is 3. The molecule has 2 aromatic carbocycles. The molecule has 4 rings (SSSR count). The minimum absolute atomic E-state index is 0.00281. The molecule has 0 bridgehead atoms. The number of ether oxygens (including phenoxy) is 3. The molecule has 1 saturated heterocycles. The molecule has 1 aliphatic heterocycles. The molecule has 1 heterocycles. The molecule has 0 radical (unpaired) electrons. The van der Waals surface area contributed by atoms with Gasteiger partial charge in [-0.3, -0.25) is 4.79 Å². The zero-order chi connectivity index (χ0) is 24.1. The van der Waals surface area contributed by atoms with Crippen molar-refractivity contribution in [2.24, 2.45) is 0 Å². The van der Waals surface area contributed by atoms with Crippen LogP contribution < -0.4 is 30.3 Å². The number of likely N-dealkylation sites (tertiary alicyclic amines) is 1. The molecule has 0 spiro atoms. The number of nitrogens with one attached hydrogen (secondary N) is 2. The number of aryl methyl sites for hydroxylation is 1. The Labute approximate surface area is 202 Å². The van der Waals surface area contributed by atoms with E-state index in [1.165, 1.54) is 19.3 Å². The average molecular weight is 468 g/mol. The van der Waals surface area contributed by atoms with Crippen molar-refractivity contribution in [1.82, 2.24) is 10.2 Å². The topological polar surface area (TPSA) is 72.1 Å². The lowest BCUT2D eigenvalue weighted by atomic mass is 9.95.